The lowest BCUT2D eigenvalue weighted by Gasteiger charge is -2.54. The number of nitrogens with zero attached hydrogens (tertiary/aromatic N) is 2. The number of aromatic nitrogens is 2. The van der Waals surface area contributed by atoms with E-state index in [4.69, 9.17) is 0 Å². The molecule has 1 spiro atoms. The lowest BCUT2D eigenvalue weighted by molar-refractivity contribution is -0.149. The van der Waals surface area contributed by atoms with Crippen LogP contribution in [0.3, 0.4) is 0 Å². The molecule has 1 aromatic rings. The Morgan fingerprint density at radius 3 is 2.27 bits per heavy atom. The largest absolute Gasteiger partial charge is 0.435 e. The van der Waals surface area contributed by atoms with Gasteiger partial charge in [0.25, 0.3) is 0 Å². The van der Waals surface area contributed by atoms with Gasteiger partial charge in [0, 0.05) is 24.8 Å². The first-order valence-corrected chi connectivity index (χ1v) is 6.97. The van der Waals surface area contributed by atoms with E-state index in [0.717, 1.165) is 32.1 Å². The van der Waals surface area contributed by atoms with Crippen LogP contribution in [0.15, 0.2) is 6.20 Å². The second-order valence-corrected chi connectivity index (χ2v) is 6.40. The Balaban J connectivity index is 1.73. The summed E-state index contributed by atoms with van der Waals surface area (Å²) in [6.45, 7) is 0.251. The van der Waals surface area contributed by atoms with E-state index in [1.807, 2.05) is 0 Å². The summed E-state index contributed by atoms with van der Waals surface area (Å²) in [4.78, 5) is 0. The minimum atomic E-state index is -4.73. The van der Waals surface area contributed by atoms with Crippen molar-refractivity contribution < 1.29 is 26.3 Å². The monoisotopic (exact) mass is 327 g/mol. The first-order chi connectivity index (χ1) is 10.1. The first kappa shape index (κ1) is 15.6. The van der Waals surface area contributed by atoms with Gasteiger partial charge in [-0.3, -0.25) is 4.68 Å². The minimum Gasteiger partial charge on any atom is -0.316 e. The number of rotatable bonds is 3. The lowest BCUT2D eigenvalue weighted by Crippen LogP contribution is -2.60. The Morgan fingerprint density at radius 2 is 1.82 bits per heavy atom. The maximum atomic E-state index is 12.9. The minimum absolute atomic E-state index is 0.0896. The van der Waals surface area contributed by atoms with Gasteiger partial charge in [0.1, 0.15) is 6.54 Å². The Hall–Kier alpha value is -1.25. The smallest absolute Gasteiger partial charge is 0.316 e. The number of hydrogen-bond donors (Lipinski definition) is 1. The topological polar surface area (TPSA) is 29.9 Å². The summed E-state index contributed by atoms with van der Waals surface area (Å²) in [6, 6.07) is 0. The summed E-state index contributed by atoms with van der Waals surface area (Å²) >= 11 is 0. The summed E-state index contributed by atoms with van der Waals surface area (Å²) in [6.07, 6.45) is -6.66. The molecule has 9 heteroatoms. The van der Waals surface area contributed by atoms with Gasteiger partial charge in [0.05, 0.1) is 0 Å². The Bertz CT molecular complexity index is 547. The molecule has 0 aromatic carbocycles. The molecule has 124 valence electrons. The average molecular weight is 327 g/mol. The summed E-state index contributed by atoms with van der Waals surface area (Å²) < 4.78 is 76.1. The molecule has 3 rings (SSSR count). The van der Waals surface area contributed by atoms with Crippen LogP contribution in [0.1, 0.15) is 24.1 Å². The van der Waals surface area contributed by atoms with Gasteiger partial charge in [0.15, 0.2) is 5.69 Å². The van der Waals surface area contributed by atoms with Gasteiger partial charge < -0.3 is 5.32 Å². The van der Waals surface area contributed by atoms with Gasteiger partial charge in [-0.2, -0.15) is 31.4 Å². The third-order valence-corrected chi connectivity index (χ3v) is 4.40. The van der Waals surface area contributed by atoms with Crippen molar-refractivity contribution in [2.75, 3.05) is 13.1 Å². The van der Waals surface area contributed by atoms with Crippen LogP contribution in [0, 0.1) is 11.3 Å². The number of hydrogen-bond acceptors (Lipinski definition) is 2. The number of alkyl halides is 6. The van der Waals surface area contributed by atoms with Crippen molar-refractivity contribution in [1.29, 1.82) is 0 Å². The normalized spacial score (nSPS) is 21.7. The fourth-order valence-corrected chi connectivity index (χ4v) is 3.50. The van der Waals surface area contributed by atoms with Crippen LogP contribution in [0.2, 0.25) is 0 Å². The van der Waals surface area contributed by atoms with E-state index in [9.17, 15) is 26.3 Å². The second kappa shape index (κ2) is 4.87. The molecule has 2 aliphatic rings. The van der Waals surface area contributed by atoms with Crippen molar-refractivity contribution in [1.82, 2.24) is 15.1 Å². The molecule has 0 unspecified atom stereocenters. The highest BCUT2D eigenvalue weighted by Crippen LogP contribution is 2.50. The van der Waals surface area contributed by atoms with E-state index in [1.54, 1.807) is 0 Å². The van der Waals surface area contributed by atoms with Crippen LogP contribution in [-0.4, -0.2) is 29.0 Å². The Labute approximate surface area is 122 Å². The van der Waals surface area contributed by atoms with Gasteiger partial charge in [-0.25, -0.2) is 0 Å². The summed E-state index contributed by atoms with van der Waals surface area (Å²) in [7, 11) is 0. The fraction of sp³-hybridized carbons (Fsp3) is 0.769. The Morgan fingerprint density at radius 1 is 1.18 bits per heavy atom. The van der Waals surface area contributed by atoms with Gasteiger partial charge in [-0.1, -0.05) is 0 Å². The number of nitrogens with one attached hydrogen (secondary N) is 1. The van der Waals surface area contributed by atoms with Gasteiger partial charge in [-0.15, -0.1) is 0 Å². The maximum absolute atomic E-state index is 12.9. The van der Waals surface area contributed by atoms with Crippen LogP contribution in [0.5, 0.6) is 0 Å². The number of halogens is 6. The van der Waals surface area contributed by atoms with Crippen LogP contribution in [0.25, 0.3) is 0 Å². The molecular formula is C13H15F6N3. The molecule has 1 saturated heterocycles. The van der Waals surface area contributed by atoms with Gasteiger partial charge >= 0.3 is 12.4 Å². The van der Waals surface area contributed by atoms with E-state index in [1.165, 1.54) is 0 Å². The molecule has 0 atom stereocenters. The first-order valence-electron chi connectivity index (χ1n) is 6.97. The molecule has 22 heavy (non-hydrogen) atoms. The van der Waals surface area contributed by atoms with E-state index < -0.39 is 24.6 Å². The van der Waals surface area contributed by atoms with Crippen molar-refractivity contribution in [2.45, 2.75) is 38.2 Å². The SMILES string of the molecule is FC(F)(F)Cn1cc(CC2CC3(CNC3)C2)c(C(F)(F)F)n1. The summed E-state index contributed by atoms with van der Waals surface area (Å²) in [5, 5.41) is 6.24. The standard InChI is InChI=1S/C13H15F6N3/c14-12(15,16)7-22-4-9(10(21-22)13(17,18)19)1-8-2-11(3-8)5-20-6-11/h4,8,20H,1-3,5-7H2. The molecule has 1 N–H and O–H groups in total. The van der Waals surface area contributed by atoms with Gasteiger partial charge in [-0.05, 0) is 30.6 Å². The van der Waals surface area contributed by atoms with Gasteiger partial charge in [0.2, 0.25) is 0 Å². The van der Waals surface area contributed by atoms with Crippen LogP contribution >= 0.6 is 0 Å². The highest BCUT2D eigenvalue weighted by molar-refractivity contribution is 5.22. The molecule has 2 fully saturated rings. The van der Waals surface area contributed by atoms with Crippen LogP contribution in [-0.2, 0) is 19.1 Å². The zero-order valence-electron chi connectivity index (χ0n) is 11.6. The molecule has 0 radical (unpaired) electrons. The zero-order chi connectivity index (χ0) is 16.2. The third kappa shape index (κ3) is 3.09. The zero-order valence-corrected chi connectivity index (χ0v) is 11.6. The van der Waals surface area contributed by atoms with Crippen molar-refractivity contribution in [3.63, 3.8) is 0 Å². The second-order valence-electron chi connectivity index (χ2n) is 6.40. The fourth-order valence-electron chi connectivity index (χ4n) is 3.50. The maximum Gasteiger partial charge on any atom is 0.435 e. The molecule has 3 nitrogen and oxygen atoms in total. The molecule has 2 heterocycles. The van der Waals surface area contributed by atoms with Crippen LogP contribution in [0.4, 0.5) is 26.3 Å². The molecule has 0 bridgehead atoms. The summed E-state index contributed by atoms with van der Waals surface area (Å²) in [5.74, 6) is 0.0896. The Kier molecular flexibility index (Phi) is 3.46. The molecular weight excluding hydrogens is 312 g/mol. The predicted molar refractivity (Wildman–Crippen MR) is 65.0 cm³/mol. The molecule has 1 aliphatic carbocycles. The van der Waals surface area contributed by atoms with E-state index in [2.05, 4.69) is 10.4 Å². The van der Waals surface area contributed by atoms with Crippen molar-refractivity contribution in [3.05, 3.63) is 17.5 Å². The van der Waals surface area contributed by atoms with Crippen LogP contribution < -0.4 is 5.32 Å². The third-order valence-electron chi connectivity index (χ3n) is 4.40. The lowest BCUT2D eigenvalue weighted by atomic mass is 9.57. The highest BCUT2D eigenvalue weighted by Gasteiger charge is 2.49. The quantitative estimate of drug-likeness (QED) is 0.865. The summed E-state index contributed by atoms with van der Waals surface area (Å²) in [5.41, 5.74) is -1.11. The van der Waals surface area contributed by atoms with E-state index in [-0.39, 0.29) is 23.3 Å². The highest BCUT2D eigenvalue weighted by atomic mass is 19.4. The van der Waals surface area contributed by atoms with Crippen molar-refractivity contribution >= 4 is 0 Å². The van der Waals surface area contributed by atoms with E-state index >= 15 is 0 Å². The molecule has 1 aromatic heterocycles. The molecule has 0 amide bonds. The van der Waals surface area contributed by atoms with E-state index in [0.29, 0.717) is 4.68 Å². The van der Waals surface area contributed by atoms with Crippen molar-refractivity contribution in [3.8, 4) is 0 Å². The van der Waals surface area contributed by atoms with Crippen molar-refractivity contribution in [2.24, 2.45) is 11.3 Å². The predicted octanol–water partition coefficient (Wildman–Crippen LogP) is 3.01. The average Bonchev–Trinajstić information content (AvgIpc) is 2.59. The molecule has 1 aliphatic heterocycles. The molecule has 1 saturated carbocycles.